The monoisotopic (exact) mass is 265 g/mol. The second-order valence-electron chi connectivity index (χ2n) is 5.74. The quantitative estimate of drug-likeness (QED) is 0.868. The maximum absolute atomic E-state index is 11.9. The highest BCUT2D eigenvalue weighted by atomic mass is 16.2. The highest BCUT2D eigenvalue weighted by Gasteiger charge is 2.24. The summed E-state index contributed by atoms with van der Waals surface area (Å²) in [7, 11) is 1.81. The molecule has 1 saturated carbocycles. The molecular weight excluding hydrogens is 242 g/mol. The molecule has 2 atom stereocenters. The van der Waals surface area contributed by atoms with E-state index in [4.69, 9.17) is 0 Å². The maximum atomic E-state index is 11.9. The number of hydrogen-bond donors (Lipinski definition) is 2. The number of rotatable bonds is 3. The summed E-state index contributed by atoms with van der Waals surface area (Å²) in [6.45, 7) is 4.91. The lowest BCUT2D eigenvalue weighted by atomic mass is 9.80. The van der Waals surface area contributed by atoms with Gasteiger partial charge in [-0.2, -0.15) is 5.10 Å². The predicted molar refractivity (Wildman–Crippen MR) is 72.3 cm³/mol. The zero-order valence-electron chi connectivity index (χ0n) is 11.9. The van der Waals surface area contributed by atoms with E-state index in [-0.39, 0.29) is 6.03 Å². The lowest BCUT2D eigenvalue weighted by Gasteiger charge is -2.31. The van der Waals surface area contributed by atoms with Gasteiger partial charge in [-0.25, -0.2) is 9.78 Å². The van der Waals surface area contributed by atoms with E-state index in [1.165, 1.54) is 12.7 Å². The Morgan fingerprint density at radius 3 is 2.63 bits per heavy atom. The van der Waals surface area contributed by atoms with Gasteiger partial charge in [0, 0.05) is 13.1 Å². The van der Waals surface area contributed by atoms with E-state index < -0.39 is 0 Å². The van der Waals surface area contributed by atoms with Gasteiger partial charge in [0.1, 0.15) is 12.2 Å². The Morgan fingerprint density at radius 2 is 2.05 bits per heavy atom. The number of amides is 2. The van der Waals surface area contributed by atoms with Crippen molar-refractivity contribution in [2.24, 2.45) is 18.9 Å². The fourth-order valence-electron chi connectivity index (χ4n) is 2.94. The van der Waals surface area contributed by atoms with Crippen molar-refractivity contribution < 1.29 is 4.79 Å². The van der Waals surface area contributed by atoms with Crippen molar-refractivity contribution in [1.82, 2.24) is 25.4 Å². The van der Waals surface area contributed by atoms with Crippen LogP contribution in [0, 0.1) is 11.8 Å². The van der Waals surface area contributed by atoms with Gasteiger partial charge in [0.2, 0.25) is 0 Å². The molecule has 1 aromatic rings. The number of aryl methyl sites for hydroxylation is 1. The van der Waals surface area contributed by atoms with Crippen LogP contribution in [0.5, 0.6) is 0 Å². The maximum Gasteiger partial charge on any atom is 0.315 e. The highest BCUT2D eigenvalue weighted by molar-refractivity contribution is 5.74. The molecule has 1 fully saturated rings. The summed E-state index contributed by atoms with van der Waals surface area (Å²) in [5.74, 6) is 2.13. The number of carbonyl (C=O) groups excluding carboxylic acids is 1. The topological polar surface area (TPSA) is 71.8 Å². The van der Waals surface area contributed by atoms with Crippen molar-refractivity contribution >= 4 is 6.03 Å². The Morgan fingerprint density at radius 1 is 1.37 bits per heavy atom. The summed E-state index contributed by atoms with van der Waals surface area (Å²) in [5, 5.41) is 9.85. The fourth-order valence-corrected chi connectivity index (χ4v) is 2.94. The summed E-state index contributed by atoms with van der Waals surface area (Å²) < 4.78 is 1.66. The highest BCUT2D eigenvalue weighted by Crippen LogP contribution is 2.28. The zero-order valence-corrected chi connectivity index (χ0v) is 11.9. The molecule has 0 spiro atoms. The van der Waals surface area contributed by atoms with Gasteiger partial charge in [-0.15, -0.1) is 0 Å². The van der Waals surface area contributed by atoms with Gasteiger partial charge in [0.05, 0.1) is 6.54 Å². The van der Waals surface area contributed by atoms with Gasteiger partial charge < -0.3 is 10.6 Å². The summed E-state index contributed by atoms with van der Waals surface area (Å²) in [4.78, 5) is 15.9. The molecule has 2 amide bonds. The van der Waals surface area contributed by atoms with Crippen molar-refractivity contribution in [2.75, 3.05) is 0 Å². The first kappa shape index (κ1) is 13.8. The average Bonchev–Trinajstić information content (AvgIpc) is 2.71. The first-order chi connectivity index (χ1) is 9.04. The first-order valence-corrected chi connectivity index (χ1v) is 6.91. The Balaban J connectivity index is 1.76. The van der Waals surface area contributed by atoms with Crippen LogP contribution in [0.1, 0.15) is 38.9 Å². The standard InChI is InChI=1S/C13H23N5O/c1-9-4-10(2)6-11(5-9)17-13(19)14-7-12-15-8-16-18(12)3/h8-11H,4-7H2,1-3H3,(H2,14,17,19). The third-order valence-electron chi connectivity index (χ3n) is 3.73. The van der Waals surface area contributed by atoms with Crippen LogP contribution in [0.15, 0.2) is 6.33 Å². The molecule has 6 nitrogen and oxygen atoms in total. The van der Waals surface area contributed by atoms with Gasteiger partial charge in [-0.1, -0.05) is 13.8 Å². The SMILES string of the molecule is CC1CC(C)CC(NC(=O)NCc2ncnn2C)C1. The van der Waals surface area contributed by atoms with Crippen LogP contribution in [-0.4, -0.2) is 26.8 Å². The minimum absolute atomic E-state index is 0.116. The van der Waals surface area contributed by atoms with Crippen LogP contribution >= 0.6 is 0 Å². The van der Waals surface area contributed by atoms with Crippen molar-refractivity contribution in [3.63, 3.8) is 0 Å². The molecule has 1 aromatic heterocycles. The summed E-state index contributed by atoms with van der Waals surface area (Å²) >= 11 is 0. The number of urea groups is 1. The smallest absolute Gasteiger partial charge is 0.315 e. The fraction of sp³-hybridized carbons (Fsp3) is 0.769. The molecule has 6 heteroatoms. The van der Waals surface area contributed by atoms with Crippen molar-refractivity contribution in [3.05, 3.63) is 12.2 Å². The molecule has 0 aromatic carbocycles. The van der Waals surface area contributed by atoms with Crippen molar-refractivity contribution in [2.45, 2.75) is 45.7 Å². The molecule has 2 N–H and O–H groups in total. The molecule has 2 rings (SSSR count). The number of aromatic nitrogens is 3. The lowest BCUT2D eigenvalue weighted by Crippen LogP contribution is -2.45. The van der Waals surface area contributed by atoms with E-state index in [2.05, 4.69) is 34.6 Å². The Bertz CT molecular complexity index is 420. The second-order valence-corrected chi connectivity index (χ2v) is 5.74. The van der Waals surface area contributed by atoms with Gasteiger partial charge in [0.25, 0.3) is 0 Å². The molecule has 0 bridgehead atoms. The summed E-state index contributed by atoms with van der Waals surface area (Å²) in [6.07, 6.45) is 4.89. The van der Waals surface area contributed by atoms with E-state index in [0.29, 0.717) is 24.4 Å². The van der Waals surface area contributed by atoms with Crippen LogP contribution in [0.3, 0.4) is 0 Å². The molecule has 1 aliphatic carbocycles. The Hall–Kier alpha value is -1.59. The normalized spacial score (nSPS) is 27.0. The molecule has 0 radical (unpaired) electrons. The first-order valence-electron chi connectivity index (χ1n) is 6.91. The third kappa shape index (κ3) is 3.94. The van der Waals surface area contributed by atoms with Gasteiger partial charge >= 0.3 is 6.03 Å². The molecule has 0 aliphatic heterocycles. The lowest BCUT2D eigenvalue weighted by molar-refractivity contribution is 0.213. The molecule has 19 heavy (non-hydrogen) atoms. The largest absolute Gasteiger partial charge is 0.335 e. The van der Waals surface area contributed by atoms with E-state index >= 15 is 0 Å². The van der Waals surface area contributed by atoms with E-state index in [1.807, 2.05) is 7.05 Å². The van der Waals surface area contributed by atoms with E-state index in [1.54, 1.807) is 4.68 Å². The van der Waals surface area contributed by atoms with Crippen LogP contribution in [0.4, 0.5) is 4.79 Å². The summed E-state index contributed by atoms with van der Waals surface area (Å²) in [6, 6.07) is 0.174. The second kappa shape index (κ2) is 6.04. The zero-order chi connectivity index (χ0) is 13.8. The molecule has 106 valence electrons. The van der Waals surface area contributed by atoms with Gasteiger partial charge in [-0.3, -0.25) is 4.68 Å². The number of hydrogen-bond acceptors (Lipinski definition) is 3. The van der Waals surface area contributed by atoms with E-state index in [9.17, 15) is 4.79 Å². The van der Waals surface area contributed by atoms with Crippen LogP contribution in [0.2, 0.25) is 0 Å². The molecule has 2 unspecified atom stereocenters. The number of carbonyl (C=O) groups is 1. The predicted octanol–water partition coefficient (Wildman–Crippen LogP) is 1.44. The molecular formula is C13H23N5O. The van der Waals surface area contributed by atoms with Crippen LogP contribution in [-0.2, 0) is 13.6 Å². The van der Waals surface area contributed by atoms with Crippen LogP contribution in [0.25, 0.3) is 0 Å². The van der Waals surface area contributed by atoms with Crippen molar-refractivity contribution in [3.8, 4) is 0 Å². The molecule has 1 aliphatic rings. The Kier molecular flexibility index (Phi) is 4.39. The Labute approximate surface area is 114 Å². The van der Waals surface area contributed by atoms with Crippen LogP contribution < -0.4 is 10.6 Å². The van der Waals surface area contributed by atoms with Gasteiger partial charge in [0.15, 0.2) is 0 Å². The average molecular weight is 265 g/mol. The minimum Gasteiger partial charge on any atom is -0.335 e. The third-order valence-corrected chi connectivity index (χ3v) is 3.73. The van der Waals surface area contributed by atoms with Crippen molar-refractivity contribution in [1.29, 1.82) is 0 Å². The number of nitrogens with zero attached hydrogens (tertiary/aromatic N) is 3. The molecule has 0 saturated heterocycles. The van der Waals surface area contributed by atoms with E-state index in [0.717, 1.165) is 18.7 Å². The number of nitrogens with one attached hydrogen (secondary N) is 2. The van der Waals surface area contributed by atoms with Gasteiger partial charge in [-0.05, 0) is 31.1 Å². The molecule has 1 heterocycles. The summed E-state index contributed by atoms with van der Waals surface area (Å²) in [5.41, 5.74) is 0. The minimum atomic E-state index is -0.116.